The Hall–Kier alpha value is -4.48. The first kappa shape index (κ1) is 31.9. The van der Waals surface area contributed by atoms with Gasteiger partial charge in [-0.15, -0.1) is 0 Å². The Kier molecular flexibility index (Phi) is 10.6. The Morgan fingerprint density at radius 2 is 1.71 bits per heavy atom. The monoisotopic (exact) mass is 629 g/mol. The zero-order valence-corrected chi connectivity index (χ0v) is 26.4. The molecule has 1 saturated heterocycles. The fourth-order valence-corrected chi connectivity index (χ4v) is 6.01. The van der Waals surface area contributed by atoms with E-state index in [-0.39, 0.29) is 23.8 Å². The third-order valence-electron chi connectivity index (χ3n) is 7.39. The third-order valence-corrected chi connectivity index (χ3v) is 8.22. The molecule has 3 aromatic carbocycles. The summed E-state index contributed by atoms with van der Waals surface area (Å²) in [6.45, 7) is 6.51. The number of nitrogens with zero attached hydrogens (tertiary/aromatic N) is 4. The molecular formula is C34H36FN5O4S. The first-order chi connectivity index (χ1) is 21.8. The van der Waals surface area contributed by atoms with E-state index >= 15 is 0 Å². The number of aryl methyl sites for hydroxylation is 2. The van der Waals surface area contributed by atoms with Crippen LogP contribution in [-0.2, 0) is 20.9 Å². The lowest BCUT2D eigenvalue weighted by Crippen LogP contribution is -2.42. The molecule has 1 fully saturated rings. The van der Waals surface area contributed by atoms with Crippen LogP contribution in [0.3, 0.4) is 0 Å². The molecule has 1 unspecified atom stereocenters. The highest BCUT2D eigenvalue weighted by molar-refractivity contribution is 7.99. The molecular weight excluding hydrogens is 593 g/mol. The van der Waals surface area contributed by atoms with Gasteiger partial charge in [-0.2, -0.15) is 0 Å². The highest BCUT2D eigenvalue weighted by Crippen LogP contribution is 2.30. The molecule has 0 bridgehead atoms. The lowest BCUT2D eigenvalue weighted by molar-refractivity contribution is -0.137. The van der Waals surface area contributed by atoms with Gasteiger partial charge in [0.2, 0.25) is 5.91 Å². The van der Waals surface area contributed by atoms with Crippen LogP contribution in [0, 0.1) is 19.7 Å². The number of nitrogens with one attached hydrogen (secondary N) is 1. The molecule has 0 saturated carbocycles. The Labute approximate surface area is 266 Å². The van der Waals surface area contributed by atoms with Gasteiger partial charge in [-0.1, -0.05) is 42.1 Å². The van der Waals surface area contributed by atoms with Crippen LogP contribution in [0.4, 0.5) is 15.8 Å². The van der Waals surface area contributed by atoms with Gasteiger partial charge in [0.25, 0.3) is 5.91 Å². The number of carbonyl (C=O) groups excluding carboxylic acids is 2. The second kappa shape index (κ2) is 15.0. The van der Waals surface area contributed by atoms with Gasteiger partial charge in [0, 0.05) is 48.0 Å². The van der Waals surface area contributed by atoms with Gasteiger partial charge in [-0.25, -0.2) is 14.4 Å². The van der Waals surface area contributed by atoms with E-state index in [0.717, 1.165) is 30.2 Å². The normalized spacial score (nSPS) is 13.6. The number of carbonyl (C=O) groups is 2. The van der Waals surface area contributed by atoms with Crippen LogP contribution >= 0.6 is 11.8 Å². The van der Waals surface area contributed by atoms with Crippen LogP contribution in [0.15, 0.2) is 84.0 Å². The van der Waals surface area contributed by atoms with E-state index in [9.17, 15) is 14.0 Å². The number of rotatable bonds is 11. The Bertz CT molecular complexity index is 1610. The van der Waals surface area contributed by atoms with Crippen LogP contribution in [0.5, 0.6) is 5.75 Å². The number of thioether (sulfide) groups is 1. The van der Waals surface area contributed by atoms with Crippen molar-refractivity contribution in [2.45, 2.75) is 31.6 Å². The van der Waals surface area contributed by atoms with Crippen LogP contribution in [-0.4, -0.2) is 65.8 Å². The summed E-state index contributed by atoms with van der Waals surface area (Å²) in [5.74, 6) is -0.823. The Morgan fingerprint density at radius 3 is 2.40 bits per heavy atom. The molecule has 2 amide bonds. The quantitative estimate of drug-likeness (QED) is 0.170. The highest BCUT2D eigenvalue weighted by Gasteiger charge is 2.33. The minimum absolute atomic E-state index is 0.0562. The van der Waals surface area contributed by atoms with Gasteiger partial charge in [0.05, 0.1) is 26.1 Å². The summed E-state index contributed by atoms with van der Waals surface area (Å²) in [6, 6.07) is 21.6. The molecule has 1 aromatic heterocycles. The lowest BCUT2D eigenvalue weighted by Gasteiger charge is -2.32. The Balaban J connectivity index is 1.47. The number of anilines is 2. The summed E-state index contributed by atoms with van der Waals surface area (Å²) in [4.78, 5) is 40.7. The molecule has 1 aliphatic heterocycles. The number of benzene rings is 3. The first-order valence-corrected chi connectivity index (χ1v) is 15.6. The van der Waals surface area contributed by atoms with E-state index in [2.05, 4.69) is 20.2 Å². The van der Waals surface area contributed by atoms with E-state index in [4.69, 9.17) is 9.47 Å². The van der Waals surface area contributed by atoms with E-state index < -0.39 is 17.8 Å². The van der Waals surface area contributed by atoms with Crippen molar-refractivity contribution in [3.63, 3.8) is 0 Å². The number of amides is 2. The summed E-state index contributed by atoms with van der Waals surface area (Å²) in [5.41, 5.74) is 3.98. The molecule has 4 aromatic rings. The van der Waals surface area contributed by atoms with E-state index in [1.54, 1.807) is 42.5 Å². The van der Waals surface area contributed by atoms with Gasteiger partial charge in [-0.05, 0) is 67.9 Å². The number of halogens is 1. The molecule has 2 heterocycles. The average Bonchev–Trinajstić information content (AvgIpc) is 3.04. The van der Waals surface area contributed by atoms with E-state index in [0.29, 0.717) is 35.4 Å². The summed E-state index contributed by atoms with van der Waals surface area (Å²) in [7, 11) is 1.53. The number of aromatic nitrogens is 2. The summed E-state index contributed by atoms with van der Waals surface area (Å²) >= 11 is 1.17. The van der Waals surface area contributed by atoms with Crippen molar-refractivity contribution in [1.82, 2.24) is 14.9 Å². The smallest absolute Gasteiger partial charge is 0.251 e. The summed E-state index contributed by atoms with van der Waals surface area (Å²) in [6.07, 6.45) is 0. The third kappa shape index (κ3) is 8.37. The maximum atomic E-state index is 15.0. The van der Waals surface area contributed by atoms with Crippen molar-refractivity contribution in [1.29, 1.82) is 0 Å². The summed E-state index contributed by atoms with van der Waals surface area (Å²) < 4.78 is 25.9. The average molecular weight is 630 g/mol. The van der Waals surface area contributed by atoms with Gasteiger partial charge in [0.15, 0.2) is 5.16 Å². The van der Waals surface area contributed by atoms with E-state index in [1.807, 2.05) is 44.2 Å². The van der Waals surface area contributed by atoms with E-state index in [1.165, 1.54) is 29.8 Å². The largest absolute Gasteiger partial charge is 0.497 e. The molecule has 234 valence electrons. The van der Waals surface area contributed by atoms with Gasteiger partial charge in [-0.3, -0.25) is 9.59 Å². The maximum absolute atomic E-state index is 15.0. The zero-order chi connectivity index (χ0) is 31.8. The van der Waals surface area contributed by atoms with Crippen LogP contribution < -0.4 is 15.0 Å². The number of hydrogen-bond acceptors (Lipinski definition) is 8. The van der Waals surface area contributed by atoms with Crippen molar-refractivity contribution in [3.8, 4) is 5.75 Å². The number of ether oxygens (including phenoxy) is 2. The molecule has 1 atom stereocenters. The topological polar surface area (TPSA) is 96.9 Å². The molecule has 9 nitrogen and oxygen atoms in total. The SMILES string of the molecule is COc1cccc(C(C(=O)Nc2ccc(N3CCOCC3)cc2)N(Cc2ccccc2F)C(=O)CSc2nc(C)cc(C)n2)c1. The molecule has 11 heteroatoms. The molecule has 0 radical (unpaired) electrons. The van der Waals surface area contributed by atoms with Gasteiger partial charge < -0.3 is 24.6 Å². The van der Waals surface area contributed by atoms with Crippen LogP contribution in [0.1, 0.15) is 28.6 Å². The number of morpholine rings is 1. The minimum Gasteiger partial charge on any atom is -0.497 e. The van der Waals surface area contributed by atoms with Crippen molar-refractivity contribution in [2.75, 3.05) is 49.4 Å². The minimum atomic E-state index is -1.10. The molecule has 1 aliphatic rings. The van der Waals surface area contributed by atoms with Gasteiger partial charge in [0.1, 0.15) is 17.6 Å². The molecule has 0 aliphatic carbocycles. The van der Waals surface area contributed by atoms with Crippen molar-refractivity contribution in [3.05, 3.63) is 107 Å². The lowest BCUT2D eigenvalue weighted by atomic mass is 10.0. The van der Waals surface area contributed by atoms with Crippen molar-refractivity contribution in [2.24, 2.45) is 0 Å². The highest BCUT2D eigenvalue weighted by atomic mass is 32.2. The standard InChI is InChI=1S/C34H36FN5O4S/c1-23-19-24(2)37-34(36-23)45-22-31(41)40(21-26-7-4-5-10-30(26)35)32(25-8-6-9-29(20-25)43-3)33(42)38-27-11-13-28(14-12-27)39-15-17-44-18-16-39/h4-14,19-20,32H,15-18,21-22H2,1-3H3,(H,38,42). The summed E-state index contributed by atoms with van der Waals surface area (Å²) in [5, 5.41) is 3.44. The fourth-order valence-electron chi connectivity index (χ4n) is 5.17. The predicted octanol–water partition coefficient (Wildman–Crippen LogP) is 5.58. The molecule has 45 heavy (non-hydrogen) atoms. The molecule has 5 rings (SSSR count). The fraction of sp³-hybridized carbons (Fsp3) is 0.294. The van der Waals surface area contributed by atoms with Gasteiger partial charge >= 0.3 is 0 Å². The number of methoxy groups -OCH3 is 1. The second-order valence-electron chi connectivity index (χ2n) is 10.6. The van der Waals surface area contributed by atoms with Crippen LogP contribution in [0.25, 0.3) is 0 Å². The first-order valence-electron chi connectivity index (χ1n) is 14.7. The van der Waals surface area contributed by atoms with Crippen molar-refractivity contribution < 1.29 is 23.5 Å². The van der Waals surface area contributed by atoms with Crippen LogP contribution in [0.2, 0.25) is 0 Å². The predicted molar refractivity (Wildman–Crippen MR) is 173 cm³/mol. The Morgan fingerprint density at radius 1 is 1.00 bits per heavy atom. The molecule has 1 N–H and O–H groups in total. The van der Waals surface area contributed by atoms with Crippen molar-refractivity contribution >= 4 is 35.0 Å². The molecule has 0 spiro atoms. The second-order valence-corrected chi connectivity index (χ2v) is 11.6. The number of hydrogen-bond donors (Lipinski definition) is 1. The maximum Gasteiger partial charge on any atom is 0.251 e. The zero-order valence-electron chi connectivity index (χ0n) is 25.5.